The number of ether oxygens (including phenoxy) is 1. The third-order valence-corrected chi connectivity index (χ3v) is 4.66. The van der Waals surface area contributed by atoms with Crippen molar-refractivity contribution in [2.75, 3.05) is 32.7 Å². The van der Waals surface area contributed by atoms with Crippen LogP contribution in [-0.4, -0.2) is 37.6 Å². The Balaban J connectivity index is 0.00000182. The number of benzene rings is 2. The minimum Gasteiger partial charge on any atom is -0.484 e. The molecule has 27 heavy (non-hydrogen) atoms. The van der Waals surface area contributed by atoms with Crippen molar-refractivity contribution in [3.05, 3.63) is 64.7 Å². The second-order valence-electron chi connectivity index (χ2n) is 6.15. The Kier molecular flexibility index (Phi) is 10.5. The van der Waals surface area contributed by atoms with E-state index in [0.717, 1.165) is 44.7 Å². The monoisotopic (exact) mass is 427 g/mol. The summed E-state index contributed by atoms with van der Waals surface area (Å²) in [5.74, 6) is 0.546. The molecule has 0 aromatic heterocycles. The van der Waals surface area contributed by atoms with Gasteiger partial charge in [-0.1, -0.05) is 41.9 Å². The highest BCUT2D eigenvalue weighted by atomic mass is 35.5. The average Bonchev–Trinajstić information content (AvgIpc) is 2.67. The molecule has 0 unspecified atom stereocenters. The van der Waals surface area contributed by atoms with Crippen LogP contribution in [0.1, 0.15) is 23.7 Å². The summed E-state index contributed by atoms with van der Waals surface area (Å²) in [6.45, 7) is 5.14. The minimum absolute atomic E-state index is 0. The number of piperazine rings is 1. The Morgan fingerprint density at radius 1 is 1.11 bits per heavy atom. The van der Waals surface area contributed by atoms with Gasteiger partial charge in [0.1, 0.15) is 17.9 Å². The van der Waals surface area contributed by atoms with Crippen LogP contribution in [-0.2, 0) is 0 Å². The zero-order valence-electron chi connectivity index (χ0n) is 14.9. The first-order valence-corrected chi connectivity index (χ1v) is 8.98. The van der Waals surface area contributed by atoms with Crippen LogP contribution in [0.3, 0.4) is 0 Å². The fourth-order valence-electron chi connectivity index (χ4n) is 3.04. The third-order valence-electron chi connectivity index (χ3n) is 4.42. The van der Waals surface area contributed by atoms with Gasteiger partial charge in [0.15, 0.2) is 0 Å². The average molecular weight is 429 g/mol. The van der Waals surface area contributed by atoms with Gasteiger partial charge in [-0.3, -0.25) is 0 Å². The summed E-state index contributed by atoms with van der Waals surface area (Å²) in [6, 6.07) is 17.5. The molecule has 2 aromatic carbocycles. The number of rotatable bonds is 6. The summed E-state index contributed by atoms with van der Waals surface area (Å²) in [5, 5.41) is 13.3. The van der Waals surface area contributed by atoms with Gasteiger partial charge in [-0.05, 0) is 17.7 Å². The van der Waals surface area contributed by atoms with Gasteiger partial charge in [0.05, 0.1) is 5.56 Å². The Morgan fingerprint density at radius 2 is 1.81 bits per heavy atom. The summed E-state index contributed by atoms with van der Waals surface area (Å²) in [5.41, 5.74) is 1.62. The van der Waals surface area contributed by atoms with E-state index in [-0.39, 0.29) is 30.9 Å². The van der Waals surface area contributed by atoms with Gasteiger partial charge in [0.25, 0.3) is 0 Å². The molecule has 146 valence electrons. The van der Waals surface area contributed by atoms with Crippen molar-refractivity contribution in [2.45, 2.75) is 12.5 Å². The van der Waals surface area contributed by atoms with Gasteiger partial charge < -0.3 is 15.0 Å². The molecule has 1 fully saturated rings. The molecule has 0 amide bonds. The molecule has 1 aliphatic heterocycles. The van der Waals surface area contributed by atoms with Crippen LogP contribution in [0.5, 0.6) is 5.75 Å². The molecule has 1 heterocycles. The van der Waals surface area contributed by atoms with Crippen molar-refractivity contribution < 1.29 is 4.74 Å². The minimum atomic E-state index is -0.110. The summed E-state index contributed by atoms with van der Waals surface area (Å²) < 4.78 is 6.25. The highest BCUT2D eigenvalue weighted by Gasteiger charge is 2.18. The Labute approximate surface area is 178 Å². The maximum absolute atomic E-state index is 9.34. The first-order chi connectivity index (χ1) is 12.3. The standard InChI is InChI=1S/C20H22ClN3O.2ClH/c21-18-7-6-17(15-22)20(14-18)25-19(16-4-2-1-3-5-16)8-11-24-12-9-23-10-13-24;;/h1-7,14,19,23H,8-13H2;2*1H/t19-;;/m1../s1. The second kappa shape index (κ2) is 12.1. The van der Waals surface area contributed by atoms with Crippen LogP contribution in [0.25, 0.3) is 0 Å². The molecule has 1 aliphatic rings. The summed E-state index contributed by atoms with van der Waals surface area (Å²) in [6.07, 6.45) is 0.753. The van der Waals surface area contributed by atoms with Gasteiger partial charge in [0.2, 0.25) is 0 Å². The molecule has 0 saturated carbocycles. The van der Waals surface area contributed by atoms with Crippen molar-refractivity contribution in [3.8, 4) is 11.8 Å². The maximum atomic E-state index is 9.34. The van der Waals surface area contributed by atoms with E-state index in [0.29, 0.717) is 16.3 Å². The SMILES string of the molecule is Cl.Cl.N#Cc1ccc(Cl)cc1O[C@H](CCN1CCNCC1)c1ccccc1. The van der Waals surface area contributed by atoms with Gasteiger partial charge in [0, 0.05) is 50.2 Å². The van der Waals surface area contributed by atoms with Crippen LogP contribution in [0, 0.1) is 11.3 Å². The third kappa shape index (κ3) is 6.88. The van der Waals surface area contributed by atoms with E-state index in [2.05, 4.69) is 28.4 Å². The number of nitrogens with zero attached hydrogens (tertiary/aromatic N) is 2. The highest BCUT2D eigenvalue weighted by molar-refractivity contribution is 6.30. The van der Waals surface area contributed by atoms with Gasteiger partial charge in [-0.2, -0.15) is 5.26 Å². The molecule has 2 aromatic rings. The molecule has 7 heteroatoms. The van der Waals surface area contributed by atoms with Gasteiger partial charge >= 0.3 is 0 Å². The quantitative estimate of drug-likeness (QED) is 0.737. The molecule has 1 N–H and O–H groups in total. The Bertz CT molecular complexity index is 731. The van der Waals surface area contributed by atoms with E-state index in [4.69, 9.17) is 16.3 Å². The van der Waals surface area contributed by atoms with Gasteiger partial charge in [-0.15, -0.1) is 24.8 Å². The molecule has 0 bridgehead atoms. The summed E-state index contributed by atoms with van der Waals surface area (Å²) in [4.78, 5) is 2.44. The van der Waals surface area contributed by atoms with E-state index in [1.54, 1.807) is 18.2 Å². The second-order valence-corrected chi connectivity index (χ2v) is 6.59. The lowest BCUT2D eigenvalue weighted by Crippen LogP contribution is -2.44. The summed E-state index contributed by atoms with van der Waals surface area (Å²) >= 11 is 6.10. The van der Waals surface area contributed by atoms with Crippen LogP contribution >= 0.6 is 36.4 Å². The number of hydrogen-bond acceptors (Lipinski definition) is 4. The van der Waals surface area contributed by atoms with Crippen molar-refractivity contribution >= 4 is 36.4 Å². The lowest BCUT2D eigenvalue weighted by molar-refractivity contribution is 0.156. The molecule has 3 rings (SSSR count). The Morgan fingerprint density at radius 3 is 2.48 bits per heavy atom. The predicted molar refractivity (Wildman–Crippen MR) is 114 cm³/mol. The fourth-order valence-corrected chi connectivity index (χ4v) is 3.20. The van der Waals surface area contributed by atoms with Gasteiger partial charge in [-0.25, -0.2) is 0 Å². The van der Waals surface area contributed by atoms with Crippen molar-refractivity contribution in [2.24, 2.45) is 0 Å². The maximum Gasteiger partial charge on any atom is 0.139 e. The number of hydrogen-bond donors (Lipinski definition) is 1. The molecule has 1 saturated heterocycles. The van der Waals surface area contributed by atoms with E-state index < -0.39 is 0 Å². The summed E-state index contributed by atoms with van der Waals surface area (Å²) in [7, 11) is 0. The number of nitriles is 1. The fraction of sp³-hybridized carbons (Fsp3) is 0.350. The number of nitrogens with one attached hydrogen (secondary N) is 1. The van der Waals surface area contributed by atoms with E-state index in [1.807, 2.05) is 18.2 Å². The molecule has 0 spiro atoms. The van der Waals surface area contributed by atoms with Crippen molar-refractivity contribution in [1.82, 2.24) is 10.2 Å². The molecular weight excluding hydrogens is 405 g/mol. The smallest absolute Gasteiger partial charge is 0.139 e. The molecule has 4 nitrogen and oxygen atoms in total. The molecule has 0 aliphatic carbocycles. The molecule has 0 radical (unpaired) electrons. The molecular formula is C20H24Cl3N3O. The zero-order chi connectivity index (χ0) is 17.5. The normalized spacial score (nSPS) is 15.0. The first kappa shape index (κ1) is 23.6. The lowest BCUT2D eigenvalue weighted by Gasteiger charge is -2.29. The predicted octanol–water partition coefficient (Wildman–Crippen LogP) is 4.47. The lowest BCUT2D eigenvalue weighted by atomic mass is 10.1. The number of halogens is 3. The van der Waals surface area contributed by atoms with Crippen molar-refractivity contribution in [3.63, 3.8) is 0 Å². The topological polar surface area (TPSA) is 48.3 Å². The Hall–Kier alpha value is -1.48. The molecule has 1 atom stereocenters. The van der Waals surface area contributed by atoms with E-state index in [9.17, 15) is 5.26 Å². The van der Waals surface area contributed by atoms with Crippen LogP contribution in [0.15, 0.2) is 48.5 Å². The largest absolute Gasteiger partial charge is 0.484 e. The first-order valence-electron chi connectivity index (χ1n) is 8.60. The van der Waals surface area contributed by atoms with Crippen LogP contribution < -0.4 is 10.1 Å². The van der Waals surface area contributed by atoms with Crippen LogP contribution in [0.4, 0.5) is 0 Å². The zero-order valence-corrected chi connectivity index (χ0v) is 17.3. The van der Waals surface area contributed by atoms with Crippen molar-refractivity contribution in [1.29, 1.82) is 5.26 Å². The van der Waals surface area contributed by atoms with E-state index >= 15 is 0 Å². The highest BCUT2D eigenvalue weighted by Crippen LogP contribution is 2.30. The van der Waals surface area contributed by atoms with E-state index in [1.165, 1.54) is 0 Å². The van der Waals surface area contributed by atoms with Crippen LogP contribution in [0.2, 0.25) is 5.02 Å².